The number of aromatic amines is 1. The maximum Gasteiger partial charge on any atom is 0.146 e. The van der Waals surface area contributed by atoms with Gasteiger partial charge >= 0.3 is 0 Å². The highest BCUT2D eigenvalue weighted by Gasteiger charge is 2.21. The van der Waals surface area contributed by atoms with Crippen molar-refractivity contribution >= 4 is 16.7 Å². The molecule has 1 fully saturated rings. The van der Waals surface area contributed by atoms with Crippen LogP contribution in [-0.4, -0.2) is 46.6 Å². The first kappa shape index (κ1) is 19.2. The summed E-state index contributed by atoms with van der Waals surface area (Å²) in [7, 11) is 0. The van der Waals surface area contributed by atoms with E-state index in [9.17, 15) is 0 Å². The summed E-state index contributed by atoms with van der Waals surface area (Å²) >= 11 is 0. The average Bonchev–Trinajstić information content (AvgIpc) is 3.07. The number of fused-ring (bicyclic) bond motifs is 1. The summed E-state index contributed by atoms with van der Waals surface area (Å²) in [5.74, 6) is 1.84. The number of hydrogen-bond donors (Lipinski definition) is 4. The molecule has 1 aliphatic rings. The molecule has 3 rings (SSSR count). The van der Waals surface area contributed by atoms with Crippen LogP contribution in [0.25, 0.3) is 10.9 Å². The molecule has 1 aromatic heterocycles. The van der Waals surface area contributed by atoms with Crippen molar-refractivity contribution in [3.05, 3.63) is 41.5 Å². The predicted octanol–water partition coefficient (Wildman–Crippen LogP) is 1.91. The van der Waals surface area contributed by atoms with Crippen molar-refractivity contribution in [2.45, 2.75) is 39.7 Å². The van der Waals surface area contributed by atoms with E-state index in [0.717, 1.165) is 60.5 Å². The first-order valence-corrected chi connectivity index (χ1v) is 9.73. The van der Waals surface area contributed by atoms with Crippen LogP contribution in [0.15, 0.2) is 35.2 Å². The van der Waals surface area contributed by atoms with E-state index in [0.29, 0.717) is 17.8 Å². The summed E-state index contributed by atoms with van der Waals surface area (Å²) in [5.41, 5.74) is 15.1. The van der Waals surface area contributed by atoms with Gasteiger partial charge < -0.3 is 21.7 Å². The molecule has 1 atom stereocenters. The number of aromatic nitrogens is 2. The molecule has 1 aromatic carbocycles. The minimum absolute atomic E-state index is 0.444. The van der Waals surface area contributed by atoms with Crippen molar-refractivity contribution in [2.24, 2.45) is 22.4 Å². The minimum Gasteiger partial charge on any atom is -0.402 e. The van der Waals surface area contributed by atoms with Gasteiger partial charge in [0.15, 0.2) is 0 Å². The Morgan fingerprint density at radius 1 is 1.44 bits per heavy atom. The van der Waals surface area contributed by atoms with Gasteiger partial charge in [0.25, 0.3) is 0 Å². The van der Waals surface area contributed by atoms with Gasteiger partial charge in [-0.25, -0.2) is 4.99 Å². The summed E-state index contributed by atoms with van der Waals surface area (Å²) in [6.45, 7) is 9.27. The Balaban J connectivity index is 1.81. The topological polar surface area (TPSA) is 108 Å². The number of H-pyrrole nitrogens is 1. The number of benzene rings is 1. The summed E-state index contributed by atoms with van der Waals surface area (Å²) < 4.78 is 0. The van der Waals surface area contributed by atoms with Crippen LogP contribution in [0.1, 0.15) is 38.4 Å². The van der Waals surface area contributed by atoms with Crippen molar-refractivity contribution < 1.29 is 0 Å². The number of piperazine rings is 1. The SMILES string of the molecule is CCc1[nH]nc2ccc(/C(N)=N/C(=C\N)N3CCN[C@@H](CC(C)C)C3)cc12. The van der Waals surface area contributed by atoms with E-state index in [2.05, 4.69) is 46.2 Å². The van der Waals surface area contributed by atoms with Crippen molar-refractivity contribution in [2.75, 3.05) is 19.6 Å². The van der Waals surface area contributed by atoms with Gasteiger partial charge in [0.2, 0.25) is 0 Å². The fourth-order valence-electron chi connectivity index (χ4n) is 3.65. The van der Waals surface area contributed by atoms with E-state index in [4.69, 9.17) is 11.5 Å². The Morgan fingerprint density at radius 3 is 2.96 bits per heavy atom. The highest BCUT2D eigenvalue weighted by Crippen LogP contribution is 2.19. The summed E-state index contributed by atoms with van der Waals surface area (Å²) in [6.07, 6.45) is 3.58. The normalized spacial score (nSPS) is 19.3. The van der Waals surface area contributed by atoms with Crippen LogP contribution in [0, 0.1) is 5.92 Å². The first-order chi connectivity index (χ1) is 13.0. The number of aliphatic imine (C=N–C) groups is 1. The van der Waals surface area contributed by atoms with Crippen LogP contribution >= 0.6 is 0 Å². The molecule has 7 nitrogen and oxygen atoms in total. The zero-order valence-corrected chi connectivity index (χ0v) is 16.5. The molecule has 1 saturated heterocycles. The van der Waals surface area contributed by atoms with E-state index in [1.54, 1.807) is 6.20 Å². The second-order valence-corrected chi connectivity index (χ2v) is 7.54. The smallest absolute Gasteiger partial charge is 0.146 e. The Labute approximate surface area is 160 Å². The van der Waals surface area contributed by atoms with E-state index >= 15 is 0 Å². The Bertz CT molecular complexity index is 834. The average molecular weight is 370 g/mol. The number of aryl methyl sites for hydroxylation is 1. The summed E-state index contributed by atoms with van der Waals surface area (Å²) in [6, 6.07) is 6.41. The van der Waals surface area contributed by atoms with E-state index < -0.39 is 0 Å². The van der Waals surface area contributed by atoms with Crippen LogP contribution in [-0.2, 0) is 6.42 Å². The third kappa shape index (κ3) is 4.42. The van der Waals surface area contributed by atoms with Crippen molar-refractivity contribution in [3.8, 4) is 0 Å². The molecule has 0 aliphatic carbocycles. The van der Waals surface area contributed by atoms with Gasteiger partial charge in [-0.1, -0.05) is 20.8 Å². The number of nitrogens with two attached hydrogens (primary N) is 2. The summed E-state index contributed by atoms with van der Waals surface area (Å²) in [5, 5.41) is 12.1. The molecule has 1 aliphatic heterocycles. The highest BCUT2D eigenvalue weighted by molar-refractivity contribution is 6.01. The second-order valence-electron chi connectivity index (χ2n) is 7.54. The zero-order valence-electron chi connectivity index (χ0n) is 16.5. The molecule has 0 spiro atoms. The molecule has 0 bridgehead atoms. The van der Waals surface area contributed by atoms with Crippen molar-refractivity contribution in [1.29, 1.82) is 0 Å². The van der Waals surface area contributed by atoms with Gasteiger partial charge in [-0.15, -0.1) is 0 Å². The standard InChI is InChI=1S/C20H31N7/c1-4-17-16-10-14(5-6-18(16)26-25-17)20(22)24-19(11-21)27-8-7-23-15(12-27)9-13(2)3/h5-6,10-11,13,15,23H,4,7-9,12,21H2,1-3H3,(H2,22,24)(H,25,26)/b19-11+/t15-/m0/s1. The molecule has 2 heterocycles. The molecule has 2 aromatic rings. The second kappa shape index (κ2) is 8.43. The summed E-state index contributed by atoms with van der Waals surface area (Å²) in [4.78, 5) is 6.86. The lowest BCUT2D eigenvalue weighted by Gasteiger charge is -2.35. The molecule has 0 radical (unpaired) electrons. The van der Waals surface area contributed by atoms with Gasteiger partial charge in [0.05, 0.1) is 5.52 Å². The van der Waals surface area contributed by atoms with Crippen LogP contribution in [0.2, 0.25) is 0 Å². The molecule has 6 N–H and O–H groups in total. The molecule has 0 saturated carbocycles. The Hall–Kier alpha value is -2.54. The fraction of sp³-hybridized carbons (Fsp3) is 0.500. The van der Waals surface area contributed by atoms with E-state index in [1.165, 1.54) is 0 Å². The maximum absolute atomic E-state index is 6.33. The van der Waals surface area contributed by atoms with E-state index in [-0.39, 0.29) is 0 Å². The monoisotopic (exact) mass is 369 g/mol. The first-order valence-electron chi connectivity index (χ1n) is 9.73. The van der Waals surface area contributed by atoms with Crippen molar-refractivity contribution in [1.82, 2.24) is 20.4 Å². The lowest BCUT2D eigenvalue weighted by atomic mass is 10.0. The van der Waals surface area contributed by atoms with Crippen molar-refractivity contribution in [3.63, 3.8) is 0 Å². The van der Waals surface area contributed by atoms with Crippen LogP contribution in [0.5, 0.6) is 0 Å². The highest BCUT2D eigenvalue weighted by atomic mass is 15.3. The number of nitrogens with one attached hydrogen (secondary N) is 2. The molecule has 146 valence electrons. The van der Waals surface area contributed by atoms with Crippen LogP contribution in [0.4, 0.5) is 0 Å². The van der Waals surface area contributed by atoms with Gasteiger partial charge in [0, 0.05) is 48.5 Å². The number of rotatable bonds is 6. The lowest BCUT2D eigenvalue weighted by molar-refractivity contribution is 0.225. The van der Waals surface area contributed by atoms with Gasteiger partial charge in [-0.05, 0) is 37.0 Å². The minimum atomic E-state index is 0.444. The lowest BCUT2D eigenvalue weighted by Crippen LogP contribution is -2.50. The third-order valence-electron chi connectivity index (χ3n) is 5.00. The molecule has 27 heavy (non-hydrogen) atoms. The number of hydrogen-bond acceptors (Lipinski definition) is 5. The van der Waals surface area contributed by atoms with Crippen LogP contribution in [0.3, 0.4) is 0 Å². The maximum atomic E-state index is 6.33. The van der Waals surface area contributed by atoms with Gasteiger partial charge in [-0.2, -0.15) is 5.10 Å². The third-order valence-corrected chi connectivity index (χ3v) is 5.00. The molecule has 0 amide bonds. The van der Waals surface area contributed by atoms with Gasteiger partial charge in [-0.3, -0.25) is 5.10 Å². The molecular formula is C20H31N7. The molecular weight excluding hydrogens is 338 g/mol. The molecule has 7 heteroatoms. The Morgan fingerprint density at radius 2 is 2.26 bits per heavy atom. The predicted molar refractivity (Wildman–Crippen MR) is 111 cm³/mol. The zero-order chi connectivity index (χ0) is 19.4. The van der Waals surface area contributed by atoms with Crippen LogP contribution < -0.4 is 16.8 Å². The largest absolute Gasteiger partial charge is 0.402 e. The number of nitrogens with zero attached hydrogens (tertiary/aromatic N) is 3. The van der Waals surface area contributed by atoms with E-state index in [1.807, 2.05) is 18.2 Å². The Kier molecular flexibility index (Phi) is 6.01. The quantitative estimate of drug-likeness (QED) is 0.459. The van der Waals surface area contributed by atoms with Gasteiger partial charge in [0.1, 0.15) is 11.7 Å². The number of amidine groups is 1. The molecule has 0 unspecified atom stereocenters. The fourth-order valence-corrected chi connectivity index (χ4v) is 3.65.